The molecule has 0 aliphatic carbocycles. The zero-order chi connectivity index (χ0) is 16.6. The Hall–Kier alpha value is -2.47. The van der Waals surface area contributed by atoms with E-state index in [2.05, 4.69) is 11.9 Å². The molecule has 23 heavy (non-hydrogen) atoms. The van der Waals surface area contributed by atoms with Gasteiger partial charge in [0, 0.05) is 10.9 Å². The average Bonchev–Trinajstić information content (AvgIpc) is 2.99. The fourth-order valence-electron chi connectivity index (χ4n) is 2.47. The number of carbonyl (C=O) groups is 1. The van der Waals surface area contributed by atoms with Crippen molar-refractivity contribution >= 4 is 27.5 Å². The van der Waals surface area contributed by atoms with Crippen LogP contribution >= 0.6 is 11.3 Å². The zero-order valence-corrected chi connectivity index (χ0v) is 13.6. The molecule has 0 bridgehead atoms. The molecule has 5 nitrogen and oxygen atoms in total. The molecular weight excluding hydrogens is 312 g/mol. The summed E-state index contributed by atoms with van der Waals surface area (Å²) in [6.07, 6.45) is 2.22. The van der Waals surface area contributed by atoms with Crippen LogP contribution in [0.25, 0.3) is 21.3 Å². The first-order valence-electron chi connectivity index (χ1n) is 7.31. The first-order valence-corrected chi connectivity index (χ1v) is 8.19. The Morgan fingerprint density at radius 2 is 2.04 bits per heavy atom. The number of aromatic nitrogens is 2. The molecule has 0 aliphatic heterocycles. The number of rotatable bonds is 4. The number of thiophene rings is 1. The van der Waals surface area contributed by atoms with Crippen LogP contribution in [-0.4, -0.2) is 15.5 Å². The minimum Gasteiger partial charge on any atom is -0.548 e. The van der Waals surface area contributed by atoms with Crippen LogP contribution in [-0.2, 0) is 11.2 Å². The van der Waals surface area contributed by atoms with Crippen LogP contribution in [0.1, 0.15) is 25.5 Å². The molecule has 0 fully saturated rings. The summed E-state index contributed by atoms with van der Waals surface area (Å²) in [5.41, 5.74) is 2.56. The minimum absolute atomic E-state index is 0.359. The SMILES string of the molecule is CCc1ccc(-c2csc3ncn(C(C)C(=O)[O-])c(=O)c23)cc1. The highest BCUT2D eigenvalue weighted by atomic mass is 32.1. The summed E-state index contributed by atoms with van der Waals surface area (Å²) < 4.78 is 1.11. The monoisotopic (exact) mass is 327 g/mol. The van der Waals surface area contributed by atoms with Gasteiger partial charge in [0.25, 0.3) is 5.56 Å². The number of hydrogen-bond acceptors (Lipinski definition) is 5. The molecule has 1 unspecified atom stereocenters. The lowest BCUT2D eigenvalue weighted by atomic mass is 10.0. The minimum atomic E-state index is -1.31. The van der Waals surface area contributed by atoms with Gasteiger partial charge in [-0.1, -0.05) is 31.2 Å². The average molecular weight is 327 g/mol. The van der Waals surface area contributed by atoms with E-state index >= 15 is 0 Å². The lowest BCUT2D eigenvalue weighted by Crippen LogP contribution is -2.36. The van der Waals surface area contributed by atoms with Crippen molar-refractivity contribution < 1.29 is 9.90 Å². The molecule has 6 heteroatoms. The van der Waals surface area contributed by atoms with Gasteiger partial charge < -0.3 is 9.90 Å². The number of aryl methyl sites for hydroxylation is 1. The number of benzene rings is 1. The van der Waals surface area contributed by atoms with E-state index in [4.69, 9.17) is 0 Å². The molecule has 3 rings (SSSR count). The van der Waals surface area contributed by atoms with Gasteiger partial charge in [-0.25, -0.2) is 4.98 Å². The van der Waals surface area contributed by atoms with Crippen LogP contribution in [0.2, 0.25) is 0 Å². The summed E-state index contributed by atoms with van der Waals surface area (Å²) in [5.74, 6) is -1.31. The highest BCUT2D eigenvalue weighted by molar-refractivity contribution is 7.17. The van der Waals surface area contributed by atoms with Crippen molar-refractivity contribution in [3.63, 3.8) is 0 Å². The predicted molar refractivity (Wildman–Crippen MR) is 88.4 cm³/mol. The summed E-state index contributed by atoms with van der Waals surface area (Å²) >= 11 is 1.37. The van der Waals surface area contributed by atoms with Gasteiger partial charge in [0.1, 0.15) is 4.83 Å². The maximum atomic E-state index is 12.7. The molecule has 0 N–H and O–H groups in total. The third-order valence-corrected chi connectivity index (χ3v) is 4.84. The molecule has 3 aromatic rings. The third-order valence-electron chi connectivity index (χ3n) is 3.95. The summed E-state index contributed by atoms with van der Waals surface area (Å²) in [6.45, 7) is 3.49. The molecule has 0 spiro atoms. The second-order valence-electron chi connectivity index (χ2n) is 5.33. The van der Waals surface area contributed by atoms with Crippen molar-refractivity contribution in [2.45, 2.75) is 26.3 Å². The van der Waals surface area contributed by atoms with E-state index in [1.165, 1.54) is 30.2 Å². The number of nitrogens with zero attached hydrogens (tertiary/aromatic N) is 2. The molecule has 1 aromatic carbocycles. The largest absolute Gasteiger partial charge is 0.548 e. The number of hydrogen-bond donors (Lipinski definition) is 0. The van der Waals surface area contributed by atoms with Crippen molar-refractivity contribution in [1.82, 2.24) is 9.55 Å². The topological polar surface area (TPSA) is 75.0 Å². The third kappa shape index (κ3) is 2.66. The van der Waals surface area contributed by atoms with E-state index in [1.54, 1.807) is 0 Å². The first-order chi connectivity index (χ1) is 11.0. The fourth-order valence-corrected chi connectivity index (χ4v) is 3.37. The molecule has 0 aliphatic rings. The van der Waals surface area contributed by atoms with Crippen LogP contribution in [0.3, 0.4) is 0 Å². The van der Waals surface area contributed by atoms with E-state index in [0.717, 1.165) is 22.1 Å². The van der Waals surface area contributed by atoms with Gasteiger partial charge in [-0.2, -0.15) is 0 Å². The van der Waals surface area contributed by atoms with E-state index in [9.17, 15) is 14.7 Å². The maximum Gasteiger partial charge on any atom is 0.263 e. The molecule has 0 radical (unpaired) electrons. The molecule has 0 saturated heterocycles. The molecular formula is C17H15N2O3S-. The van der Waals surface area contributed by atoms with Gasteiger partial charge in [-0.3, -0.25) is 9.36 Å². The standard InChI is InChI=1S/C17H16N2O3S/c1-3-11-4-6-12(7-5-11)13-8-23-15-14(13)16(20)19(9-18-15)10(2)17(21)22/h4-10H,3H2,1-2H3,(H,21,22)/p-1. The van der Waals surface area contributed by atoms with E-state index in [1.807, 2.05) is 29.6 Å². The molecule has 0 amide bonds. The van der Waals surface area contributed by atoms with Crippen molar-refractivity contribution in [2.75, 3.05) is 0 Å². The summed E-state index contributed by atoms with van der Waals surface area (Å²) in [4.78, 5) is 28.6. The van der Waals surface area contributed by atoms with Crippen LogP contribution in [0.15, 0.2) is 40.8 Å². The van der Waals surface area contributed by atoms with Crippen molar-refractivity contribution in [1.29, 1.82) is 0 Å². The van der Waals surface area contributed by atoms with Gasteiger partial charge in [-0.15, -0.1) is 11.3 Å². The Labute approximate surface area is 136 Å². The molecule has 1 atom stereocenters. The number of fused-ring (bicyclic) bond motifs is 1. The Kier molecular flexibility index (Phi) is 4.00. The van der Waals surface area contributed by atoms with Crippen LogP contribution < -0.4 is 10.7 Å². The van der Waals surface area contributed by atoms with E-state index in [0.29, 0.717) is 10.2 Å². The highest BCUT2D eigenvalue weighted by Gasteiger charge is 2.16. The van der Waals surface area contributed by atoms with Gasteiger partial charge in [0.15, 0.2) is 0 Å². The predicted octanol–water partition coefficient (Wildman–Crippen LogP) is 2.00. The maximum absolute atomic E-state index is 12.7. The molecule has 0 saturated carbocycles. The summed E-state index contributed by atoms with van der Waals surface area (Å²) in [6, 6.07) is 6.93. The Bertz CT molecular complexity index is 925. The normalized spacial score (nSPS) is 12.4. The Morgan fingerprint density at radius 3 is 2.65 bits per heavy atom. The molecule has 118 valence electrons. The van der Waals surface area contributed by atoms with Gasteiger partial charge in [0.2, 0.25) is 0 Å². The van der Waals surface area contributed by atoms with Crippen molar-refractivity contribution in [3.8, 4) is 11.1 Å². The van der Waals surface area contributed by atoms with Gasteiger partial charge >= 0.3 is 0 Å². The fraction of sp³-hybridized carbons (Fsp3) is 0.235. The molecule has 2 heterocycles. The molecule has 2 aromatic heterocycles. The van der Waals surface area contributed by atoms with E-state index < -0.39 is 12.0 Å². The van der Waals surface area contributed by atoms with Crippen molar-refractivity contribution in [2.24, 2.45) is 0 Å². The Morgan fingerprint density at radius 1 is 1.35 bits per heavy atom. The van der Waals surface area contributed by atoms with E-state index in [-0.39, 0.29) is 5.56 Å². The van der Waals surface area contributed by atoms with Crippen LogP contribution in [0, 0.1) is 0 Å². The smallest absolute Gasteiger partial charge is 0.263 e. The second-order valence-corrected chi connectivity index (χ2v) is 6.19. The van der Waals surface area contributed by atoms with Crippen molar-refractivity contribution in [3.05, 3.63) is 51.9 Å². The summed E-state index contributed by atoms with van der Waals surface area (Å²) in [5, 5.41) is 13.4. The number of aliphatic carboxylic acids is 1. The second kappa shape index (κ2) is 5.96. The van der Waals surface area contributed by atoms with Gasteiger partial charge in [0.05, 0.1) is 23.7 Å². The first kappa shape index (κ1) is 15.4. The van der Waals surface area contributed by atoms with Gasteiger partial charge in [-0.05, 0) is 24.5 Å². The number of carboxylic acids is 1. The zero-order valence-electron chi connectivity index (χ0n) is 12.8. The summed E-state index contributed by atoms with van der Waals surface area (Å²) in [7, 11) is 0. The lowest BCUT2D eigenvalue weighted by molar-refractivity contribution is -0.309. The van der Waals surface area contributed by atoms with Crippen LogP contribution in [0.4, 0.5) is 0 Å². The van der Waals surface area contributed by atoms with Crippen LogP contribution in [0.5, 0.6) is 0 Å². The Balaban J connectivity index is 2.20. The quantitative estimate of drug-likeness (QED) is 0.734. The number of carboxylic acid groups (broad SMARTS) is 1. The highest BCUT2D eigenvalue weighted by Crippen LogP contribution is 2.31. The number of carbonyl (C=O) groups excluding carboxylic acids is 1. The lowest BCUT2D eigenvalue weighted by Gasteiger charge is -2.15.